The van der Waals surface area contributed by atoms with Gasteiger partial charge in [0.05, 0.1) is 0 Å². The Morgan fingerprint density at radius 3 is 2.79 bits per heavy atom. The number of aromatic nitrogens is 3. The second-order valence-electron chi connectivity index (χ2n) is 4.98. The number of hydrogen-bond acceptors (Lipinski definition) is 4. The van der Waals surface area contributed by atoms with E-state index in [0.717, 1.165) is 10.8 Å². The van der Waals surface area contributed by atoms with Crippen molar-refractivity contribution in [3.05, 3.63) is 65.9 Å². The standard InChI is InChI=1S/C17H15ClN4OS/c18-13-5-4-6-14(11-13)20-16(23)9-10-24-17-21-19-12-22(17)15-7-2-1-3-8-15/h1-8,11-12H,9-10H2,(H,20,23). The minimum Gasteiger partial charge on any atom is -0.326 e. The van der Waals surface area contributed by atoms with Gasteiger partial charge in [-0.2, -0.15) is 0 Å². The Morgan fingerprint density at radius 2 is 2.00 bits per heavy atom. The molecule has 0 fully saturated rings. The van der Waals surface area contributed by atoms with Crippen molar-refractivity contribution in [2.24, 2.45) is 0 Å². The Bertz CT molecular complexity index is 822. The summed E-state index contributed by atoms with van der Waals surface area (Å²) in [4.78, 5) is 12.0. The minimum absolute atomic E-state index is 0.0597. The van der Waals surface area contributed by atoms with Crippen LogP contribution in [0.15, 0.2) is 66.1 Å². The number of carbonyl (C=O) groups excluding carboxylic acids is 1. The van der Waals surface area contributed by atoms with Gasteiger partial charge in [0.15, 0.2) is 5.16 Å². The topological polar surface area (TPSA) is 59.8 Å². The monoisotopic (exact) mass is 358 g/mol. The Hall–Kier alpha value is -2.31. The third kappa shape index (κ3) is 4.37. The molecule has 5 nitrogen and oxygen atoms in total. The zero-order chi connectivity index (χ0) is 16.8. The van der Waals surface area contributed by atoms with Crippen molar-refractivity contribution in [3.8, 4) is 5.69 Å². The largest absolute Gasteiger partial charge is 0.326 e. The van der Waals surface area contributed by atoms with E-state index >= 15 is 0 Å². The number of benzene rings is 2. The van der Waals surface area contributed by atoms with Crippen molar-refractivity contribution in [2.45, 2.75) is 11.6 Å². The Labute approximate surface area is 149 Å². The van der Waals surface area contributed by atoms with E-state index in [-0.39, 0.29) is 5.91 Å². The normalized spacial score (nSPS) is 10.5. The third-order valence-corrected chi connectivity index (χ3v) is 4.40. The van der Waals surface area contributed by atoms with Crippen LogP contribution in [-0.2, 0) is 4.79 Å². The van der Waals surface area contributed by atoms with Crippen molar-refractivity contribution in [1.29, 1.82) is 0 Å². The van der Waals surface area contributed by atoms with Gasteiger partial charge in [0.1, 0.15) is 6.33 Å². The number of nitrogens with one attached hydrogen (secondary N) is 1. The van der Waals surface area contributed by atoms with E-state index in [4.69, 9.17) is 11.6 Å². The summed E-state index contributed by atoms with van der Waals surface area (Å²) in [5.41, 5.74) is 1.69. The fraction of sp³-hybridized carbons (Fsp3) is 0.118. The molecule has 0 atom stereocenters. The van der Waals surface area contributed by atoms with Crippen LogP contribution < -0.4 is 5.32 Å². The second kappa shape index (κ2) is 7.99. The van der Waals surface area contributed by atoms with Gasteiger partial charge in [-0.05, 0) is 30.3 Å². The molecule has 1 N–H and O–H groups in total. The Morgan fingerprint density at radius 1 is 1.17 bits per heavy atom. The number of amides is 1. The predicted octanol–water partition coefficient (Wildman–Crippen LogP) is 4.04. The summed E-state index contributed by atoms with van der Waals surface area (Å²) in [6, 6.07) is 16.9. The number of rotatable bonds is 6. The Kier molecular flexibility index (Phi) is 5.51. The number of halogens is 1. The SMILES string of the molecule is O=C(CCSc1nncn1-c1ccccc1)Nc1cccc(Cl)c1. The smallest absolute Gasteiger partial charge is 0.225 e. The first kappa shape index (κ1) is 16.5. The fourth-order valence-electron chi connectivity index (χ4n) is 2.11. The molecule has 3 rings (SSSR count). The average molecular weight is 359 g/mol. The van der Waals surface area contributed by atoms with Gasteiger partial charge in [-0.1, -0.05) is 47.6 Å². The van der Waals surface area contributed by atoms with Crippen LogP contribution in [0.5, 0.6) is 0 Å². The maximum absolute atomic E-state index is 12.0. The van der Waals surface area contributed by atoms with Gasteiger partial charge in [-0.25, -0.2) is 0 Å². The Balaban J connectivity index is 1.54. The van der Waals surface area contributed by atoms with Crippen LogP contribution in [-0.4, -0.2) is 26.4 Å². The zero-order valence-corrected chi connectivity index (χ0v) is 14.3. The number of para-hydroxylation sites is 1. The first-order valence-corrected chi connectivity index (χ1v) is 8.72. The molecule has 0 aliphatic carbocycles. The van der Waals surface area contributed by atoms with Crippen molar-refractivity contribution in [2.75, 3.05) is 11.1 Å². The number of carbonyl (C=O) groups is 1. The molecule has 0 bridgehead atoms. The number of thioether (sulfide) groups is 1. The molecule has 0 radical (unpaired) electrons. The van der Waals surface area contributed by atoms with E-state index in [9.17, 15) is 4.79 Å². The van der Waals surface area contributed by atoms with Gasteiger partial charge in [-0.15, -0.1) is 10.2 Å². The average Bonchev–Trinajstić information content (AvgIpc) is 3.04. The van der Waals surface area contributed by atoms with Gasteiger partial charge in [-0.3, -0.25) is 9.36 Å². The molecule has 122 valence electrons. The molecule has 0 saturated heterocycles. The molecule has 0 unspecified atom stereocenters. The van der Waals surface area contributed by atoms with E-state index in [1.165, 1.54) is 11.8 Å². The van der Waals surface area contributed by atoms with Gasteiger partial charge >= 0.3 is 0 Å². The fourth-order valence-corrected chi connectivity index (χ4v) is 3.17. The number of anilines is 1. The maximum atomic E-state index is 12.0. The lowest BCUT2D eigenvalue weighted by molar-refractivity contribution is -0.115. The summed E-state index contributed by atoms with van der Waals surface area (Å²) >= 11 is 7.40. The third-order valence-electron chi connectivity index (χ3n) is 3.22. The molecule has 1 aromatic heterocycles. The van der Waals surface area contributed by atoms with E-state index in [1.807, 2.05) is 41.0 Å². The van der Waals surface area contributed by atoms with E-state index in [1.54, 1.807) is 24.5 Å². The van der Waals surface area contributed by atoms with Crippen LogP contribution in [0.2, 0.25) is 5.02 Å². The zero-order valence-electron chi connectivity index (χ0n) is 12.7. The summed E-state index contributed by atoms with van der Waals surface area (Å²) in [5.74, 6) is 0.549. The summed E-state index contributed by atoms with van der Waals surface area (Å²) in [6.07, 6.45) is 2.04. The van der Waals surface area contributed by atoms with Crippen LogP contribution in [0.25, 0.3) is 5.69 Å². The van der Waals surface area contributed by atoms with Crippen LogP contribution in [0.3, 0.4) is 0 Å². The highest BCUT2D eigenvalue weighted by molar-refractivity contribution is 7.99. The molecule has 1 amide bonds. The molecule has 1 heterocycles. The lowest BCUT2D eigenvalue weighted by atomic mass is 10.3. The molecule has 3 aromatic rings. The summed E-state index contributed by atoms with van der Waals surface area (Å²) in [5, 5.41) is 12.2. The molecule has 0 aliphatic heterocycles. The highest BCUT2D eigenvalue weighted by Gasteiger charge is 2.09. The predicted molar refractivity (Wildman–Crippen MR) is 96.8 cm³/mol. The van der Waals surface area contributed by atoms with Crippen LogP contribution >= 0.6 is 23.4 Å². The number of hydrogen-bond donors (Lipinski definition) is 1. The summed E-state index contributed by atoms with van der Waals surface area (Å²) < 4.78 is 1.90. The minimum atomic E-state index is -0.0597. The maximum Gasteiger partial charge on any atom is 0.225 e. The summed E-state index contributed by atoms with van der Waals surface area (Å²) in [7, 11) is 0. The van der Waals surface area contributed by atoms with Gasteiger partial charge in [0, 0.05) is 28.6 Å². The van der Waals surface area contributed by atoms with E-state index in [2.05, 4.69) is 15.5 Å². The molecule has 0 saturated carbocycles. The molecular weight excluding hydrogens is 344 g/mol. The highest BCUT2D eigenvalue weighted by atomic mass is 35.5. The first-order chi connectivity index (χ1) is 11.7. The van der Waals surface area contributed by atoms with Crippen molar-refractivity contribution < 1.29 is 4.79 Å². The summed E-state index contributed by atoms with van der Waals surface area (Å²) in [6.45, 7) is 0. The molecule has 0 spiro atoms. The van der Waals surface area contributed by atoms with E-state index in [0.29, 0.717) is 22.9 Å². The van der Waals surface area contributed by atoms with Gasteiger partial charge in [0.25, 0.3) is 0 Å². The molecule has 24 heavy (non-hydrogen) atoms. The molecule has 7 heteroatoms. The molecular formula is C17H15ClN4OS. The van der Waals surface area contributed by atoms with Crippen LogP contribution in [0.1, 0.15) is 6.42 Å². The first-order valence-electron chi connectivity index (χ1n) is 7.36. The second-order valence-corrected chi connectivity index (χ2v) is 6.47. The van der Waals surface area contributed by atoms with Crippen molar-refractivity contribution in [3.63, 3.8) is 0 Å². The quantitative estimate of drug-likeness (QED) is 0.675. The lowest BCUT2D eigenvalue weighted by Gasteiger charge is -2.07. The van der Waals surface area contributed by atoms with Gasteiger partial charge < -0.3 is 5.32 Å². The lowest BCUT2D eigenvalue weighted by Crippen LogP contribution is -2.12. The van der Waals surface area contributed by atoms with E-state index < -0.39 is 0 Å². The van der Waals surface area contributed by atoms with Crippen LogP contribution in [0, 0.1) is 0 Å². The van der Waals surface area contributed by atoms with Crippen LogP contribution in [0.4, 0.5) is 5.69 Å². The molecule has 0 aliphatic rings. The molecule has 2 aromatic carbocycles. The number of nitrogens with zero attached hydrogens (tertiary/aromatic N) is 3. The van der Waals surface area contributed by atoms with Crippen molar-refractivity contribution in [1.82, 2.24) is 14.8 Å². The van der Waals surface area contributed by atoms with Gasteiger partial charge in [0.2, 0.25) is 5.91 Å². The highest BCUT2D eigenvalue weighted by Crippen LogP contribution is 2.20. The van der Waals surface area contributed by atoms with Crippen molar-refractivity contribution >= 4 is 35.0 Å².